The summed E-state index contributed by atoms with van der Waals surface area (Å²) in [6.07, 6.45) is -4.98. The minimum Gasteiger partial charge on any atom is -0.508 e. The van der Waals surface area contributed by atoms with Gasteiger partial charge in [0.15, 0.2) is 0 Å². The van der Waals surface area contributed by atoms with E-state index in [0.29, 0.717) is 5.56 Å². The number of primary amides is 1. The number of aliphatic hydroxyl groups is 4. The molecule has 2 fully saturated rings. The summed E-state index contributed by atoms with van der Waals surface area (Å²) in [5.74, 6) is -3.97. The van der Waals surface area contributed by atoms with Crippen LogP contribution in [0, 0.1) is 5.92 Å². The number of phenolic OH excluding ortho intramolecular Hbond substituents is 1. The van der Waals surface area contributed by atoms with E-state index in [-0.39, 0.29) is 31.7 Å². The summed E-state index contributed by atoms with van der Waals surface area (Å²) in [6, 6.07) is 0.464. The van der Waals surface area contributed by atoms with E-state index in [1.54, 1.807) is 6.92 Å². The van der Waals surface area contributed by atoms with Crippen LogP contribution in [0.5, 0.6) is 5.75 Å². The van der Waals surface area contributed by atoms with Gasteiger partial charge in [-0.3, -0.25) is 19.2 Å². The normalized spacial score (nSPS) is 27.8. The van der Waals surface area contributed by atoms with Gasteiger partial charge in [-0.15, -0.1) is 0 Å². The summed E-state index contributed by atoms with van der Waals surface area (Å²) in [4.78, 5) is 52.5. The van der Waals surface area contributed by atoms with Crippen molar-refractivity contribution in [2.45, 2.75) is 75.3 Å². The fourth-order valence-electron chi connectivity index (χ4n) is 4.89. The van der Waals surface area contributed by atoms with Crippen molar-refractivity contribution in [2.75, 3.05) is 13.1 Å². The molecule has 0 saturated carbocycles. The lowest BCUT2D eigenvalue weighted by atomic mass is 9.99. The molecule has 2 aliphatic heterocycles. The summed E-state index contributed by atoms with van der Waals surface area (Å²) >= 11 is 0. The second-order valence-electron chi connectivity index (χ2n) is 10.3. The molecular weight excluding hydrogens is 514 g/mol. The Morgan fingerprint density at radius 2 is 1.74 bits per heavy atom. The van der Waals surface area contributed by atoms with Gasteiger partial charge in [-0.25, -0.2) is 0 Å². The number of carbonyl (C=O) groups excluding carboxylic acids is 4. The predicted octanol–water partition coefficient (Wildman–Crippen LogP) is -3.94. The quantitative estimate of drug-likeness (QED) is 0.137. The summed E-state index contributed by atoms with van der Waals surface area (Å²) in [5.41, 5.74) is 5.92. The molecule has 0 radical (unpaired) electrons. The molecule has 14 nitrogen and oxygen atoms in total. The first-order chi connectivity index (χ1) is 18.3. The zero-order chi connectivity index (χ0) is 29.0. The number of hydrogen-bond acceptors (Lipinski definition) is 10. The van der Waals surface area contributed by atoms with Gasteiger partial charge >= 0.3 is 0 Å². The third-order valence-corrected chi connectivity index (χ3v) is 7.12. The van der Waals surface area contributed by atoms with Crippen LogP contribution in [0.25, 0.3) is 0 Å². The van der Waals surface area contributed by atoms with Crippen molar-refractivity contribution in [1.29, 1.82) is 0 Å². The predicted molar refractivity (Wildman–Crippen MR) is 136 cm³/mol. The van der Waals surface area contributed by atoms with Gasteiger partial charge in [0.05, 0.1) is 30.5 Å². The lowest BCUT2D eigenvalue weighted by molar-refractivity contribution is -0.145. The standard InChI is InChI=1S/C25H37N5O9/c1-11-10-30(20(21(11)35)22(26)36)25(39)18(12(2)31)28-24(38)19(29-23(37)16-8-15(33)9-27-16)17(34)7-13-3-5-14(32)6-4-13/h3-6,11-12,15-21,27,31-35H,7-10H2,1-2H3,(H2,26,36)(H,28,38)(H,29,37)/t11-,12?,15+,16-,17+,18-,19-,20-,21-/m0/s1. The van der Waals surface area contributed by atoms with Crippen LogP contribution in [0.3, 0.4) is 0 Å². The Bertz CT molecular complexity index is 1050. The summed E-state index contributed by atoms with van der Waals surface area (Å²) in [5, 5.41) is 58.6. The first-order valence-corrected chi connectivity index (χ1v) is 12.7. The molecule has 9 atom stereocenters. The molecule has 14 heteroatoms. The van der Waals surface area contributed by atoms with Crippen LogP contribution in [0.15, 0.2) is 24.3 Å². The highest BCUT2D eigenvalue weighted by Crippen LogP contribution is 2.25. The van der Waals surface area contributed by atoms with Crippen molar-refractivity contribution >= 4 is 23.6 Å². The number of likely N-dealkylation sites (tertiary alicyclic amines) is 1. The van der Waals surface area contributed by atoms with Gasteiger partial charge in [-0.2, -0.15) is 0 Å². The number of amides is 4. The number of carbonyl (C=O) groups is 4. The summed E-state index contributed by atoms with van der Waals surface area (Å²) in [7, 11) is 0. The van der Waals surface area contributed by atoms with Crippen molar-refractivity contribution in [3.63, 3.8) is 0 Å². The van der Waals surface area contributed by atoms with Crippen molar-refractivity contribution in [3.8, 4) is 5.75 Å². The van der Waals surface area contributed by atoms with Crippen LogP contribution in [0.2, 0.25) is 0 Å². The zero-order valence-corrected chi connectivity index (χ0v) is 21.7. The largest absolute Gasteiger partial charge is 0.508 e. The fraction of sp³-hybridized carbons (Fsp3) is 0.600. The maximum absolute atomic E-state index is 13.4. The van der Waals surface area contributed by atoms with Crippen molar-refractivity contribution in [2.24, 2.45) is 11.7 Å². The SMILES string of the molecule is CC(O)[C@H](NC(=O)[C@@H](NC(=O)[C@@H]1C[C@@H](O)CN1)[C@H](O)Cc1ccc(O)cc1)C(=O)N1C[C@H](C)[C@H](O)[C@H]1C(N)=O. The van der Waals surface area contributed by atoms with E-state index in [9.17, 15) is 44.7 Å². The first kappa shape index (κ1) is 30.2. The molecule has 4 amide bonds. The molecule has 2 saturated heterocycles. The van der Waals surface area contributed by atoms with Crippen LogP contribution in [0.4, 0.5) is 0 Å². The molecule has 1 aromatic carbocycles. The molecule has 39 heavy (non-hydrogen) atoms. The highest BCUT2D eigenvalue weighted by atomic mass is 16.3. The minimum atomic E-state index is -1.59. The van der Waals surface area contributed by atoms with Gasteiger partial charge in [0.1, 0.15) is 23.9 Å². The van der Waals surface area contributed by atoms with E-state index in [2.05, 4.69) is 16.0 Å². The second kappa shape index (κ2) is 12.7. The Morgan fingerprint density at radius 1 is 1.10 bits per heavy atom. The molecular formula is C25H37N5O9. The van der Waals surface area contributed by atoms with Crippen LogP contribution in [0.1, 0.15) is 25.8 Å². The number of benzene rings is 1. The molecule has 0 bridgehead atoms. The Kier molecular flexibility index (Phi) is 9.85. The number of nitrogens with one attached hydrogen (secondary N) is 3. The maximum Gasteiger partial charge on any atom is 0.248 e. The van der Waals surface area contributed by atoms with Gasteiger partial charge in [0.2, 0.25) is 23.6 Å². The zero-order valence-electron chi connectivity index (χ0n) is 21.7. The summed E-state index contributed by atoms with van der Waals surface area (Å²) in [6.45, 7) is 2.97. The highest BCUT2D eigenvalue weighted by Gasteiger charge is 2.47. The number of nitrogens with two attached hydrogens (primary N) is 1. The van der Waals surface area contributed by atoms with Gasteiger partial charge in [0.25, 0.3) is 0 Å². The molecule has 2 aliphatic rings. The number of rotatable bonds is 10. The fourth-order valence-corrected chi connectivity index (χ4v) is 4.89. The highest BCUT2D eigenvalue weighted by molar-refractivity contribution is 5.95. The van der Waals surface area contributed by atoms with Gasteiger partial charge in [0, 0.05) is 25.4 Å². The molecule has 0 aromatic heterocycles. The molecule has 3 rings (SSSR count). The topological polar surface area (TPSA) is 235 Å². The number of aromatic hydroxyl groups is 1. The molecule has 216 valence electrons. The van der Waals surface area contributed by atoms with E-state index in [1.807, 2.05) is 0 Å². The van der Waals surface area contributed by atoms with E-state index in [0.717, 1.165) is 4.90 Å². The van der Waals surface area contributed by atoms with Gasteiger partial charge < -0.3 is 52.1 Å². The van der Waals surface area contributed by atoms with Gasteiger partial charge in [-0.1, -0.05) is 19.1 Å². The number of nitrogens with zero attached hydrogens (tertiary/aromatic N) is 1. The van der Waals surface area contributed by atoms with Crippen LogP contribution >= 0.6 is 0 Å². The van der Waals surface area contributed by atoms with E-state index in [4.69, 9.17) is 5.73 Å². The number of aliphatic hydroxyl groups excluding tert-OH is 4. The van der Waals surface area contributed by atoms with E-state index in [1.165, 1.54) is 31.2 Å². The van der Waals surface area contributed by atoms with Crippen LogP contribution < -0.4 is 21.7 Å². The average molecular weight is 552 g/mol. The Morgan fingerprint density at radius 3 is 2.28 bits per heavy atom. The van der Waals surface area contributed by atoms with Crippen molar-refractivity contribution in [1.82, 2.24) is 20.9 Å². The molecule has 1 aromatic rings. The minimum absolute atomic E-state index is 0.00407. The maximum atomic E-state index is 13.4. The monoisotopic (exact) mass is 551 g/mol. The number of hydrogen-bond donors (Lipinski definition) is 9. The Balaban J connectivity index is 1.82. The lowest BCUT2D eigenvalue weighted by Gasteiger charge is -2.32. The van der Waals surface area contributed by atoms with Crippen molar-refractivity contribution in [3.05, 3.63) is 29.8 Å². The molecule has 1 unspecified atom stereocenters. The Hall–Kier alpha value is -3.30. The molecule has 0 aliphatic carbocycles. The Labute approximate surface area is 225 Å². The summed E-state index contributed by atoms with van der Waals surface area (Å²) < 4.78 is 0. The van der Waals surface area contributed by atoms with Crippen LogP contribution in [-0.2, 0) is 25.6 Å². The number of β-amino-alcohol motifs (C(OH)–C–C–N with tert-alkyl or cyclic N) is 1. The molecule has 10 N–H and O–H groups in total. The lowest BCUT2D eigenvalue weighted by Crippen LogP contribution is -2.63. The second-order valence-corrected chi connectivity index (χ2v) is 10.3. The number of phenols is 1. The van der Waals surface area contributed by atoms with Crippen LogP contribution in [-0.4, -0.2) is 116 Å². The average Bonchev–Trinajstić information content (AvgIpc) is 3.44. The van der Waals surface area contributed by atoms with Gasteiger partial charge in [-0.05, 0) is 31.0 Å². The van der Waals surface area contributed by atoms with E-state index >= 15 is 0 Å². The van der Waals surface area contributed by atoms with E-state index < -0.39 is 78.1 Å². The van der Waals surface area contributed by atoms with Crippen molar-refractivity contribution < 1.29 is 44.7 Å². The third-order valence-electron chi connectivity index (χ3n) is 7.12. The first-order valence-electron chi connectivity index (χ1n) is 12.7. The smallest absolute Gasteiger partial charge is 0.248 e. The molecule has 2 heterocycles. The third kappa shape index (κ3) is 7.22. The molecule has 0 spiro atoms.